The smallest absolute Gasteiger partial charge is 0.472 e. The zero-order valence-electron chi connectivity index (χ0n) is 64.8. The Labute approximate surface area is 606 Å². The van der Waals surface area contributed by atoms with Crippen LogP contribution < -0.4 is 4.89 Å². The summed E-state index contributed by atoms with van der Waals surface area (Å²) in [5, 5.41) is 18.3. The zero-order chi connectivity index (χ0) is 73.5. The average molecular weight is 1460 g/mol. The molecule has 0 aliphatic carbocycles. The summed E-state index contributed by atoms with van der Waals surface area (Å²) in [5.41, 5.74) is 0. The van der Waals surface area contributed by atoms with Crippen LogP contribution >= 0.6 is 15.6 Å². The van der Waals surface area contributed by atoms with Gasteiger partial charge < -0.3 is 52.5 Å². The molecule has 21 heteroatoms. The van der Waals surface area contributed by atoms with E-state index < -0.39 is 78.3 Å². The largest absolute Gasteiger partial charge is 0.756 e. The summed E-state index contributed by atoms with van der Waals surface area (Å²) < 4.78 is 66.4. The summed E-state index contributed by atoms with van der Waals surface area (Å²) in [4.78, 5) is 72.2. The fraction of sp³-hybridized carbons (Fsp3) is 0.949. The van der Waals surface area contributed by atoms with E-state index in [-0.39, 0.29) is 51.5 Å². The summed E-state index contributed by atoms with van der Waals surface area (Å²) in [5.74, 6) is -1.74. The van der Waals surface area contributed by atoms with Crippen molar-refractivity contribution in [1.82, 2.24) is 0 Å². The topological polar surface area (TPSA) is 260 Å². The van der Waals surface area contributed by atoms with Gasteiger partial charge >= 0.3 is 31.7 Å². The maximum atomic E-state index is 12.6. The molecule has 0 aromatic rings. The first-order chi connectivity index (χ1) is 47.7. The third-order valence-electron chi connectivity index (χ3n) is 17.9. The molecule has 0 saturated carbocycles. The van der Waals surface area contributed by atoms with Gasteiger partial charge in [0.05, 0.1) is 47.6 Å². The molecular weight excluding hydrogens is 1300 g/mol. The van der Waals surface area contributed by atoms with Crippen LogP contribution in [-0.4, -0.2) is 136 Å². The van der Waals surface area contributed by atoms with Crippen LogP contribution in [0.2, 0.25) is 0 Å². The second kappa shape index (κ2) is 72.9. The van der Waals surface area contributed by atoms with Gasteiger partial charge in [0.15, 0.2) is 12.2 Å². The molecule has 4 unspecified atom stereocenters. The van der Waals surface area contributed by atoms with Gasteiger partial charge in [0, 0.05) is 25.7 Å². The van der Waals surface area contributed by atoms with E-state index >= 15 is 0 Å². The number of ether oxygens (including phenoxy) is 4. The highest BCUT2D eigenvalue weighted by Gasteiger charge is 2.28. The van der Waals surface area contributed by atoms with Gasteiger partial charge in [-0.25, -0.2) is 4.57 Å². The zero-order valence-corrected chi connectivity index (χ0v) is 66.6. The molecular formula is C78H155NO18P2. The Kier molecular flexibility index (Phi) is 72.9. The molecule has 0 saturated heterocycles. The van der Waals surface area contributed by atoms with E-state index in [0.717, 1.165) is 70.6 Å². The summed E-state index contributed by atoms with van der Waals surface area (Å²) in [6.07, 6.45) is 60.4. The maximum absolute atomic E-state index is 12.6. The number of unbranched alkanes of at least 4 members (excludes halogenated alkanes) is 48. The molecule has 19 nitrogen and oxygen atoms in total. The Bertz CT molecular complexity index is 1890. The van der Waals surface area contributed by atoms with Crippen molar-refractivity contribution in [2.45, 2.75) is 406 Å². The van der Waals surface area contributed by atoms with Gasteiger partial charge in [0.1, 0.15) is 32.5 Å². The highest BCUT2D eigenvalue weighted by atomic mass is 31.2. The molecule has 0 spiro atoms. The van der Waals surface area contributed by atoms with Gasteiger partial charge in [-0.3, -0.25) is 32.8 Å². The Morgan fingerprint density at radius 2 is 0.576 bits per heavy atom. The number of quaternary nitrogens is 1. The Morgan fingerprint density at radius 1 is 0.343 bits per heavy atom. The molecule has 3 N–H and O–H groups in total. The molecule has 0 bridgehead atoms. The predicted molar refractivity (Wildman–Crippen MR) is 400 cm³/mol. The van der Waals surface area contributed by atoms with E-state index in [1.54, 1.807) is 0 Å². The summed E-state index contributed by atoms with van der Waals surface area (Å²) in [6, 6.07) is 0. The molecule has 99 heavy (non-hydrogen) atoms. The van der Waals surface area contributed by atoms with Gasteiger partial charge in [0.2, 0.25) is 0 Å². The van der Waals surface area contributed by atoms with Gasteiger partial charge in [0.25, 0.3) is 7.82 Å². The SMILES string of the molecule is CCCCCCCCCCCCCCCC(=O)OCC(COP(=O)(O)OCC(O)CO)OC(=O)CCCCCCCCCCCCCCC.CCCCCCCCCCCCCCCC(=O)OC[C@H](COP(=O)([O-])OCC[N+](C)(C)C)OC(=O)CCCCCCCCCCCCCCC. The van der Waals surface area contributed by atoms with Crippen LogP contribution in [0.3, 0.4) is 0 Å². The fourth-order valence-electron chi connectivity index (χ4n) is 11.5. The molecule has 0 fully saturated rings. The summed E-state index contributed by atoms with van der Waals surface area (Å²) in [6.45, 7) is 6.63. The number of hydrogen-bond donors (Lipinski definition) is 3. The number of rotatable bonds is 76. The summed E-state index contributed by atoms with van der Waals surface area (Å²) in [7, 11) is -3.42. The van der Waals surface area contributed by atoms with E-state index in [0.29, 0.717) is 30.3 Å². The van der Waals surface area contributed by atoms with Gasteiger partial charge in [-0.15, -0.1) is 0 Å². The molecule has 0 aliphatic heterocycles. The van der Waals surface area contributed by atoms with Crippen molar-refractivity contribution in [1.29, 1.82) is 0 Å². The number of nitrogens with zero attached hydrogens (tertiary/aromatic N) is 1. The lowest BCUT2D eigenvalue weighted by Crippen LogP contribution is -2.37. The lowest BCUT2D eigenvalue weighted by atomic mass is 10.0. The molecule has 0 amide bonds. The van der Waals surface area contributed by atoms with Crippen LogP contribution in [0.15, 0.2) is 0 Å². The number of phosphoric acid groups is 2. The van der Waals surface area contributed by atoms with E-state index in [9.17, 15) is 43.2 Å². The van der Waals surface area contributed by atoms with Crippen LogP contribution in [0.25, 0.3) is 0 Å². The van der Waals surface area contributed by atoms with E-state index in [4.69, 9.17) is 37.6 Å². The lowest BCUT2D eigenvalue weighted by molar-refractivity contribution is -0.870. The number of likely N-dealkylation sites (N-methyl/N-ethyl adjacent to an activating group) is 1. The number of hydrogen-bond acceptors (Lipinski definition) is 17. The Balaban J connectivity index is 0. The van der Waals surface area contributed by atoms with Crippen molar-refractivity contribution in [3.8, 4) is 0 Å². The highest BCUT2D eigenvalue weighted by molar-refractivity contribution is 7.47. The van der Waals surface area contributed by atoms with Crippen molar-refractivity contribution in [3.63, 3.8) is 0 Å². The first-order valence-electron chi connectivity index (χ1n) is 40.7. The number of esters is 4. The molecule has 0 aliphatic rings. The van der Waals surface area contributed by atoms with Crippen LogP contribution in [0, 0.1) is 0 Å². The quantitative estimate of drug-likeness (QED) is 0.0168. The van der Waals surface area contributed by atoms with Crippen LogP contribution in [0.5, 0.6) is 0 Å². The normalized spacial score (nSPS) is 13.8. The van der Waals surface area contributed by atoms with Gasteiger partial charge in [-0.2, -0.15) is 0 Å². The maximum Gasteiger partial charge on any atom is 0.472 e. The molecule has 5 atom stereocenters. The molecule has 0 radical (unpaired) electrons. The summed E-state index contributed by atoms with van der Waals surface area (Å²) >= 11 is 0. The first kappa shape index (κ1) is 99.0. The highest BCUT2D eigenvalue weighted by Crippen LogP contribution is 2.43. The van der Waals surface area contributed by atoms with Crippen molar-refractivity contribution in [2.24, 2.45) is 0 Å². The Morgan fingerprint density at radius 3 is 0.828 bits per heavy atom. The van der Waals surface area contributed by atoms with Crippen molar-refractivity contribution in [2.75, 3.05) is 73.9 Å². The third-order valence-corrected chi connectivity index (χ3v) is 19.8. The van der Waals surface area contributed by atoms with E-state index in [1.807, 2.05) is 21.1 Å². The number of aliphatic hydroxyl groups excluding tert-OH is 2. The number of aliphatic hydroxyl groups is 2. The number of carbonyl (C=O) groups excluding carboxylic acids is 4. The fourth-order valence-corrected chi connectivity index (χ4v) is 13.0. The predicted octanol–water partition coefficient (Wildman–Crippen LogP) is 20.5. The van der Waals surface area contributed by atoms with Crippen LogP contribution in [0.4, 0.5) is 0 Å². The second-order valence-corrected chi connectivity index (χ2v) is 31.9. The number of phosphoric ester groups is 2. The lowest BCUT2D eigenvalue weighted by Gasteiger charge is -2.28. The minimum atomic E-state index is -4.61. The molecule has 590 valence electrons. The Hall–Kier alpha value is -2.02. The molecule has 0 heterocycles. The minimum Gasteiger partial charge on any atom is -0.756 e. The average Bonchev–Trinajstić information content (AvgIpc) is 2.42. The molecule has 0 aromatic carbocycles. The third kappa shape index (κ3) is 78.4. The van der Waals surface area contributed by atoms with Gasteiger partial charge in [-0.1, -0.05) is 336 Å². The second-order valence-electron chi connectivity index (χ2n) is 29.0. The molecule has 0 aromatic heterocycles. The van der Waals surface area contributed by atoms with Crippen molar-refractivity contribution < 1.29 is 89.8 Å². The monoisotopic (exact) mass is 1460 g/mol. The number of carbonyl (C=O) groups is 4. The minimum absolute atomic E-state index is 0.0259. The first-order valence-corrected chi connectivity index (χ1v) is 43.7. The van der Waals surface area contributed by atoms with Crippen molar-refractivity contribution >= 4 is 39.5 Å². The van der Waals surface area contributed by atoms with E-state index in [1.165, 1.54) is 244 Å². The van der Waals surface area contributed by atoms with Gasteiger partial charge in [-0.05, 0) is 25.7 Å². The van der Waals surface area contributed by atoms with E-state index in [2.05, 4.69) is 32.2 Å². The van der Waals surface area contributed by atoms with Crippen molar-refractivity contribution in [3.05, 3.63) is 0 Å². The van der Waals surface area contributed by atoms with Crippen LogP contribution in [0.1, 0.15) is 387 Å². The standard InChI is InChI=1S/C40H80NO8P.C38H75O10P/c1-6-8-10-12-14-16-18-20-22-24-26-28-30-32-39(42)46-36-38(37-48-50(44,45)47-35-34-41(3,4)5)49-40(43)33-31-29-27-25-23-21-19-17-15-13-11-9-7-2;1-3-5-7-9-11-13-15-17-19-21-23-25-27-29-37(41)45-33-36(34-47-49(43,44)46-32-35(40)31-39)48-38(42)30-28-26-24-22-20-18-16-14-12-10-8-6-4-2/h38H,6-37H2,1-5H3;35-36,39-40H,3-34H2,1-2H3,(H,43,44)/t38-;/m1./s1. The van der Waals surface area contributed by atoms with Crippen LogP contribution in [-0.2, 0) is 65.4 Å². The molecule has 0 rings (SSSR count).